The molecule has 0 aromatic rings. The van der Waals surface area contributed by atoms with Crippen LogP contribution in [0.2, 0.25) is 0 Å². The molecular weight excluding hydrogens is 258 g/mol. The number of ether oxygens (including phenoxy) is 2. The molecule has 1 heterocycles. The van der Waals surface area contributed by atoms with Crippen molar-refractivity contribution in [3.63, 3.8) is 0 Å². The van der Waals surface area contributed by atoms with E-state index in [0.29, 0.717) is 18.9 Å². The number of hydrogen-bond acceptors (Lipinski definition) is 4. The van der Waals surface area contributed by atoms with E-state index in [1.807, 2.05) is 0 Å². The highest BCUT2D eigenvalue weighted by Crippen LogP contribution is 2.40. The maximum absolute atomic E-state index is 12.2. The fraction of sp³-hybridized carbons (Fsp3) is 0.733. The average molecular weight is 281 g/mol. The van der Waals surface area contributed by atoms with Crippen molar-refractivity contribution in [2.45, 2.75) is 51.1 Å². The van der Waals surface area contributed by atoms with E-state index < -0.39 is 12.1 Å². The Hall–Kier alpha value is -1.52. The van der Waals surface area contributed by atoms with Gasteiger partial charge in [0.1, 0.15) is 12.6 Å². The van der Waals surface area contributed by atoms with Crippen LogP contribution in [0.5, 0.6) is 0 Å². The van der Waals surface area contributed by atoms with E-state index in [1.165, 1.54) is 12.5 Å². The van der Waals surface area contributed by atoms with E-state index in [4.69, 9.17) is 9.47 Å². The van der Waals surface area contributed by atoms with Gasteiger partial charge in [0.2, 0.25) is 0 Å². The lowest BCUT2D eigenvalue weighted by molar-refractivity contribution is -0.148. The van der Waals surface area contributed by atoms with Crippen molar-refractivity contribution in [3.8, 4) is 0 Å². The Morgan fingerprint density at radius 2 is 2.05 bits per heavy atom. The number of nitrogens with zero attached hydrogens (tertiary/aromatic N) is 1. The average Bonchev–Trinajstić information content (AvgIpc) is 2.84. The minimum Gasteiger partial charge on any atom is -0.464 e. The Labute approximate surface area is 119 Å². The third-order valence-corrected chi connectivity index (χ3v) is 4.18. The molecule has 0 N–H and O–H groups in total. The molecule has 20 heavy (non-hydrogen) atoms. The number of carbonyl (C=O) groups excluding carboxylic acids is 2. The molecule has 0 aromatic heterocycles. The Bertz CT molecular complexity index is 382. The van der Waals surface area contributed by atoms with Crippen molar-refractivity contribution in [1.29, 1.82) is 0 Å². The fourth-order valence-electron chi connectivity index (χ4n) is 3.38. The highest BCUT2D eigenvalue weighted by atomic mass is 16.6. The molecule has 0 radical (unpaired) electrons. The summed E-state index contributed by atoms with van der Waals surface area (Å²) in [4.78, 5) is 25.9. The summed E-state index contributed by atoms with van der Waals surface area (Å²) in [5, 5.41) is 0. The van der Waals surface area contributed by atoms with Crippen LogP contribution >= 0.6 is 0 Å². The first-order valence-electron chi connectivity index (χ1n) is 7.41. The molecule has 3 atom stereocenters. The predicted molar refractivity (Wildman–Crippen MR) is 74.2 cm³/mol. The molecule has 1 saturated carbocycles. The Kier molecular flexibility index (Phi) is 5.04. The second-order valence-electron chi connectivity index (χ2n) is 5.39. The molecule has 1 saturated heterocycles. The Morgan fingerprint density at radius 1 is 1.30 bits per heavy atom. The van der Waals surface area contributed by atoms with Gasteiger partial charge in [0.25, 0.3) is 0 Å². The van der Waals surface area contributed by atoms with E-state index in [0.717, 1.165) is 19.3 Å². The zero-order chi connectivity index (χ0) is 14.5. The number of esters is 1. The van der Waals surface area contributed by atoms with Crippen molar-refractivity contribution >= 4 is 12.1 Å². The Balaban J connectivity index is 2.13. The van der Waals surface area contributed by atoms with Crippen molar-refractivity contribution < 1.29 is 19.1 Å². The summed E-state index contributed by atoms with van der Waals surface area (Å²) in [6, 6.07) is -0.365. The van der Waals surface area contributed by atoms with E-state index in [2.05, 4.69) is 6.58 Å². The third-order valence-electron chi connectivity index (χ3n) is 4.18. The van der Waals surface area contributed by atoms with E-state index >= 15 is 0 Å². The normalized spacial score (nSPS) is 28.6. The molecular formula is C15H23NO4. The lowest BCUT2D eigenvalue weighted by Crippen LogP contribution is -2.47. The second kappa shape index (κ2) is 6.77. The van der Waals surface area contributed by atoms with E-state index in [9.17, 15) is 9.59 Å². The summed E-state index contributed by atoms with van der Waals surface area (Å²) in [7, 11) is 0. The monoisotopic (exact) mass is 281 g/mol. The summed E-state index contributed by atoms with van der Waals surface area (Å²) in [6.45, 7) is 5.82. The Morgan fingerprint density at radius 3 is 2.75 bits per heavy atom. The molecule has 112 valence electrons. The van der Waals surface area contributed by atoms with E-state index in [-0.39, 0.29) is 18.6 Å². The van der Waals surface area contributed by atoms with Gasteiger partial charge in [-0.3, -0.25) is 4.90 Å². The first kappa shape index (κ1) is 14.9. The van der Waals surface area contributed by atoms with Gasteiger partial charge in [0.05, 0.1) is 6.61 Å². The quantitative estimate of drug-likeness (QED) is 0.587. The van der Waals surface area contributed by atoms with Gasteiger partial charge in [-0.1, -0.05) is 25.5 Å². The highest BCUT2D eigenvalue weighted by Gasteiger charge is 2.48. The molecule has 0 aromatic carbocycles. The minimum absolute atomic E-state index is 0.121. The number of rotatable bonds is 4. The molecule has 0 bridgehead atoms. The molecule has 2 aliphatic rings. The molecule has 2 fully saturated rings. The molecule has 1 aliphatic carbocycles. The highest BCUT2D eigenvalue weighted by molar-refractivity contribution is 5.82. The van der Waals surface area contributed by atoms with Gasteiger partial charge in [0, 0.05) is 6.04 Å². The molecule has 0 spiro atoms. The maximum Gasteiger partial charge on any atom is 0.411 e. The largest absolute Gasteiger partial charge is 0.464 e. The lowest BCUT2D eigenvalue weighted by atomic mass is 9.85. The van der Waals surface area contributed by atoms with Crippen molar-refractivity contribution in [3.05, 3.63) is 12.7 Å². The van der Waals surface area contributed by atoms with Gasteiger partial charge in [-0.25, -0.2) is 9.59 Å². The van der Waals surface area contributed by atoms with Gasteiger partial charge in [0.15, 0.2) is 0 Å². The minimum atomic E-state index is -0.486. The van der Waals surface area contributed by atoms with Gasteiger partial charge in [-0.05, 0) is 32.1 Å². The summed E-state index contributed by atoms with van der Waals surface area (Å²) in [5.41, 5.74) is 0. The van der Waals surface area contributed by atoms with Crippen LogP contribution in [-0.2, 0) is 14.3 Å². The van der Waals surface area contributed by atoms with Crippen LogP contribution in [0.3, 0.4) is 0 Å². The zero-order valence-corrected chi connectivity index (χ0v) is 12.0. The zero-order valence-electron chi connectivity index (χ0n) is 12.0. The van der Waals surface area contributed by atoms with Crippen LogP contribution in [-0.4, -0.2) is 42.3 Å². The molecule has 3 unspecified atom stereocenters. The molecule has 1 aliphatic heterocycles. The number of hydrogen-bond donors (Lipinski definition) is 0. The first-order valence-corrected chi connectivity index (χ1v) is 7.41. The van der Waals surface area contributed by atoms with Crippen molar-refractivity contribution in [2.24, 2.45) is 5.92 Å². The smallest absolute Gasteiger partial charge is 0.411 e. The molecule has 5 heteroatoms. The number of amides is 1. The van der Waals surface area contributed by atoms with Crippen LogP contribution in [0, 0.1) is 5.92 Å². The molecule has 5 nitrogen and oxygen atoms in total. The number of likely N-dealkylation sites (tertiary alicyclic amines) is 1. The summed E-state index contributed by atoms with van der Waals surface area (Å²) < 4.78 is 10.3. The van der Waals surface area contributed by atoms with Gasteiger partial charge in [-0.2, -0.15) is 0 Å². The standard InChI is InChI=1S/C15H23NO4/c1-3-9-20-15(18)16-12-8-6-5-7-11(12)10-13(16)14(17)19-4-2/h3,11-13H,1,4-10H2,2H3. The maximum atomic E-state index is 12.2. The van der Waals surface area contributed by atoms with E-state index in [1.54, 1.807) is 11.8 Å². The third kappa shape index (κ3) is 2.97. The van der Waals surface area contributed by atoms with Gasteiger partial charge >= 0.3 is 12.1 Å². The fourth-order valence-corrected chi connectivity index (χ4v) is 3.38. The predicted octanol–water partition coefficient (Wildman–Crippen LogP) is 2.51. The summed E-state index contributed by atoms with van der Waals surface area (Å²) in [5.74, 6) is 0.0897. The van der Waals surface area contributed by atoms with Crippen LogP contribution in [0.4, 0.5) is 4.79 Å². The lowest BCUT2D eigenvalue weighted by Gasteiger charge is -2.32. The van der Waals surface area contributed by atoms with Crippen molar-refractivity contribution in [1.82, 2.24) is 4.90 Å². The van der Waals surface area contributed by atoms with Gasteiger partial charge in [-0.15, -0.1) is 0 Å². The van der Waals surface area contributed by atoms with Crippen molar-refractivity contribution in [2.75, 3.05) is 13.2 Å². The SMILES string of the molecule is C=CCOC(=O)N1C(C(=O)OCC)CC2CCCCC21. The molecule has 2 rings (SSSR count). The topological polar surface area (TPSA) is 55.8 Å². The number of carbonyl (C=O) groups is 2. The van der Waals surface area contributed by atoms with Crippen LogP contribution in [0.25, 0.3) is 0 Å². The van der Waals surface area contributed by atoms with Crippen LogP contribution < -0.4 is 0 Å². The second-order valence-corrected chi connectivity index (χ2v) is 5.39. The van der Waals surface area contributed by atoms with Crippen LogP contribution in [0.1, 0.15) is 39.0 Å². The van der Waals surface area contributed by atoms with Crippen LogP contribution in [0.15, 0.2) is 12.7 Å². The number of fused-ring (bicyclic) bond motifs is 1. The molecule has 1 amide bonds. The van der Waals surface area contributed by atoms with Gasteiger partial charge < -0.3 is 9.47 Å². The summed E-state index contributed by atoms with van der Waals surface area (Å²) >= 11 is 0. The summed E-state index contributed by atoms with van der Waals surface area (Å²) in [6.07, 6.45) is 6.11. The first-order chi connectivity index (χ1) is 9.69.